The fraction of sp³-hybridized carbons (Fsp3) is 0.381. The number of rotatable bonds is 6. The molecule has 6 heteroatoms. The fourth-order valence-electron chi connectivity index (χ4n) is 3.55. The van der Waals surface area contributed by atoms with Gasteiger partial charge in [0.15, 0.2) is 0 Å². The van der Waals surface area contributed by atoms with Crippen molar-refractivity contribution in [2.75, 3.05) is 18.3 Å². The molecule has 2 aromatic rings. The van der Waals surface area contributed by atoms with Gasteiger partial charge in [-0.1, -0.05) is 31.0 Å². The van der Waals surface area contributed by atoms with Crippen molar-refractivity contribution < 1.29 is 13.2 Å². The van der Waals surface area contributed by atoms with Gasteiger partial charge in [-0.25, -0.2) is 8.42 Å². The van der Waals surface area contributed by atoms with Gasteiger partial charge in [-0.15, -0.1) is 0 Å². The minimum atomic E-state index is -3.69. The number of benzene rings is 2. The predicted molar refractivity (Wildman–Crippen MR) is 107 cm³/mol. The van der Waals surface area contributed by atoms with Gasteiger partial charge in [-0.05, 0) is 61.6 Å². The third-order valence-electron chi connectivity index (χ3n) is 5.15. The van der Waals surface area contributed by atoms with Crippen LogP contribution in [0.4, 0.5) is 5.69 Å². The summed E-state index contributed by atoms with van der Waals surface area (Å²) in [5, 5.41) is 0. The molecule has 1 N–H and O–H groups in total. The topological polar surface area (TPSA) is 66.5 Å². The molecule has 3 rings (SSSR count). The van der Waals surface area contributed by atoms with E-state index in [1.54, 1.807) is 29.2 Å². The normalized spacial score (nSPS) is 14.9. The Kier molecular flexibility index (Phi) is 5.85. The number of hydrogen-bond donors (Lipinski definition) is 1. The Morgan fingerprint density at radius 1 is 1.07 bits per heavy atom. The highest BCUT2D eigenvalue weighted by atomic mass is 32.2. The van der Waals surface area contributed by atoms with Gasteiger partial charge in [0.1, 0.15) is 0 Å². The number of anilines is 1. The summed E-state index contributed by atoms with van der Waals surface area (Å²) in [5.74, 6) is 0.509. The molecule has 27 heavy (non-hydrogen) atoms. The van der Waals surface area contributed by atoms with E-state index in [1.165, 1.54) is 37.8 Å². The molecule has 2 aromatic carbocycles. The Hall–Kier alpha value is -2.34. The van der Waals surface area contributed by atoms with Crippen molar-refractivity contribution in [3.05, 3.63) is 59.7 Å². The molecule has 0 unspecified atom stereocenters. The van der Waals surface area contributed by atoms with Crippen LogP contribution in [0.2, 0.25) is 0 Å². The van der Waals surface area contributed by atoms with E-state index in [9.17, 15) is 13.2 Å². The van der Waals surface area contributed by atoms with Crippen LogP contribution >= 0.6 is 0 Å². The van der Waals surface area contributed by atoms with Crippen LogP contribution in [0.1, 0.15) is 41.6 Å². The predicted octanol–water partition coefficient (Wildman–Crippen LogP) is 4.06. The van der Waals surface area contributed by atoms with E-state index in [4.69, 9.17) is 0 Å². The lowest BCUT2D eigenvalue weighted by atomic mass is 10.1. The molecule has 0 saturated heterocycles. The first-order valence-corrected chi connectivity index (χ1v) is 10.8. The standard InChI is InChI=1S/C21H26N2O3S/c1-16-7-3-6-10-20(16)22-27(25,26)19-13-11-18(12-14-19)21(24)23(2)15-17-8-4-5-9-17/h3,6-7,10-14,17,22H,4-5,8-9,15H2,1-2H3. The van der Waals surface area contributed by atoms with E-state index in [0.717, 1.165) is 12.1 Å². The second kappa shape index (κ2) is 8.13. The summed E-state index contributed by atoms with van der Waals surface area (Å²) < 4.78 is 27.8. The Labute approximate surface area is 161 Å². The maximum atomic E-state index is 12.6. The summed E-state index contributed by atoms with van der Waals surface area (Å²) in [7, 11) is -1.88. The highest BCUT2D eigenvalue weighted by Crippen LogP contribution is 2.26. The zero-order valence-electron chi connectivity index (χ0n) is 15.8. The van der Waals surface area contributed by atoms with Gasteiger partial charge in [-0.3, -0.25) is 9.52 Å². The smallest absolute Gasteiger partial charge is 0.261 e. The minimum absolute atomic E-state index is 0.0716. The molecule has 0 spiro atoms. The van der Waals surface area contributed by atoms with Gasteiger partial charge in [0.25, 0.3) is 15.9 Å². The second-order valence-electron chi connectivity index (χ2n) is 7.28. The Bertz CT molecular complexity index is 901. The highest BCUT2D eigenvalue weighted by Gasteiger charge is 2.21. The monoisotopic (exact) mass is 386 g/mol. The number of sulfonamides is 1. The zero-order valence-corrected chi connectivity index (χ0v) is 16.6. The Morgan fingerprint density at radius 2 is 1.70 bits per heavy atom. The summed E-state index contributed by atoms with van der Waals surface area (Å²) in [6.45, 7) is 2.60. The van der Waals surface area contributed by atoms with Crippen LogP contribution in [0.5, 0.6) is 0 Å². The average Bonchev–Trinajstić information content (AvgIpc) is 3.16. The molecule has 0 aliphatic heterocycles. The van der Waals surface area contributed by atoms with Crippen molar-refractivity contribution in [1.82, 2.24) is 4.90 Å². The summed E-state index contributed by atoms with van der Waals surface area (Å²) >= 11 is 0. The average molecular weight is 387 g/mol. The lowest BCUT2D eigenvalue weighted by Gasteiger charge is -2.21. The van der Waals surface area contributed by atoms with Gasteiger partial charge in [0.2, 0.25) is 0 Å². The van der Waals surface area contributed by atoms with Gasteiger partial charge in [-0.2, -0.15) is 0 Å². The summed E-state index contributed by atoms with van der Waals surface area (Å²) in [6.07, 6.45) is 4.85. The molecule has 1 fully saturated rings. The van der Waals surface area contributed by atoms with Crippen molar-refractivity contribution in [2.24, 2.45) is 5.92 Å². The van der Waals surface area contributed by atoms with E-state index >= 15 is 0 Å². The number of para-hydroxylation sites is 1. The van der Waals surface area contributed by atoms with Crippen molar-refractivity contribution in [1.29, 1.82) is 0 Å². The van der Waals surface area contributed by atoms with Crippen LogP contribution in [0.15, 0.2) is 53.4 Å². The van der Waals surface area contributed by atoms with E-state index in [-0.39, 0.29) is 10.8 Å². The SMILES string of the molecule is Cc1ccccc1NS(=O)(=O)c1ccc(C(=O)N(C)CC2CCCC2)cc1. The minimum Gasteiger partial charge on any atom is -0.341 e. The van der Waals surface area contributed by atoms with Gasteiger partial charge in [0, 0.05) is 19.2 Å². The largest absolute Gasteiger partial charge is 0.341 e. The van der Waals surface area contributed by atoms with Crippen LogP contribution in [-0.2, 0) is 10.0 Å². The summed E-state index contributed by atoms with van der Waals surface area (Å²) in [5.41, 5.74) is 1.90. The Balaban J connectivity index is 1.70. The van der Waals surface area contributed by atoms with Gasteiger partial charge in [0.05, 0.1) is 10.6 Å². The Morgan fingerprint density at radius 3 is 2.33 bits per heavy atom. The fourth-order valence-corrected chi connectivity index (χ4v) is 4.68. The van der Waals surface area contributed by atoms with Crippen molar-refractivity contribution in [3.8, 4) is 0 Å². The molecule has 144 valence electrons. The molecule has 1 saturated carbocycles. The number of nitrogens with one attached hydrogen (secondary N) is 1. The quantitative estimate of drug-likeness (QED) is 0.814. The maximum absolute atomic E-state index is 12.6. The van der Waals surface area contributed by atoms with Gasteiger partial charge >= 0.3 is 0 Å². The number of amides is 1. The molecule has 5 nitrogen and oxygen atoms in total. The molecule has 0 bridgehead atoms. The number of carbonyl (C=O) groups excluding carboxylic acids is 1. The van der Waals surface area contributed by atoms with Crippen molar-refractivity contribution in [3.63, 3.8) is 0 Å². The summed E-state index contributed by atoms with van der Waals surface area (Å²) in [6, 6.07) is 13.3. The highest BCUT2D eigenvalue weighted by molar-refractivity contribution is 7.92. The first kappa shape index (κ1) is 19.4. The number of aryl methyl sites for hydroxylation is 1. The molecule has 0 radical (unpaired) electrons. The van der Waals surface area contributed by atoms with E-state index in [1.807, 2.05) is 26.1 Å². The van der Waals surface area contributed by atoms with Crippen LogP contribution in [0, 0.1) is 12.8 Å². The number of hydrogen-bond acceptors (Lipinski definition) is 3. The molecule has 0 heterocycles. The lowest BCUT2D eigenvalue weighted by molar-refractivity contribution is 0.0773. The third kappa shape index (κ3) is 4.69. The van der Waals surface area contributed by atoms with Crippen molar-refractivity contribution in [2.45, 2.75) is 37.5 Å². The number of carbonyl (C=O) groups is 1. The first-order chi connectivity index (χ1) is 12.9. The molecular formula is C21H26N2O3S. The first-order valence-electron chi connectivity index (χ1n) is 9.31. The maximum Gasteiger partial charge on any atom is 0.261 e. The van der Waals surface area contributed by atoms with Crippen LogP contribution in [0.3, 0.4) is 0 Å². The van der Waals surface area contributed by atoms with Crippen LogP contribution in [-0.4, -0.2) is 32.8 Å². The van der Waals surface area contributed by atoms with E-state index in [0.29, 0.717) is 17.2 Å². The number of nitrogens with zero attached hydrogens (tertiary/aromatic N) is 1. The molecule has 1 amide bonds. The molecule has 1 aliphatic rings. The third-order valence-corrected chi connectivity index (χ3v) is 6.54. The molecule has 0 aromatic heterocycles. The lowest BCUT2D eigenvalue weighted by Crippen LogP contribution is -2.31. The zero-order chi connectivity index (χ0) is 19.4. The second-order valence-corrected chi connectivity index (χ2v) is 8.96. The van der Waals surface area contributed by atoms with Crippen molar-refractivity contribution >= 4 is 21.6 Å². The van der Waals surface area contributed by atoms with Crippen LogP contribution < -0.4 is 4.72 Å². The van der Waals surface area contributed by atoms with E-state index < -0.39 is 10.0 Å². The molecule has 1 aliphatic carbocycles. The van der Waals surface area contributed by atoms with E-state index in [2.05, 4.69) is 4.72 Å². The van der Waals surface area contributed by atoms with Gasteiger partial charge < -0.3 is 4.90 Å². The summed E-state index contributed by atoms with van der Waals surface area (Å²) in [4.78, 5) is 14.5. The molecule has 0 atom stereocenters. The molecular weight excluding hydrogens is 360 g/mol. The van der Waals surface area contributed by atoms with Crippen LogP contribution in [0.25, 0.3) is 0 Å².